The van der Waals surface area contributed by atoms with E-state index in [1.54, 1.807) is 24.3 Å². The highest BCUT2D eigenvalue weighted by molar-refractivity contribution is 5.79. The summed E-state index contributed by atoms with van der Waals surface area (Å²) in [4.78, 5) is 12.1. The van der Waals surface area contributed by atoms with Gasteiger partial charge in [0.1, 0.15) is 11.4 Å². The summed E-state index contributed by atoms with van der Waals surface area (Å²) in [5, 5.41) is 7.31. The van der Waals surface area contributed by atoms with Gasteiger partial charge in [-0.15, -0.1) is 13.2 Å². The van der Waals surface area contributed by atoms with E-state index in [0.29, 0.717) is 30.5 Å². The molecule has 1 N–H and O–H groups in total. The summed E-state index contributed by atoms with van der Waals surface area (Å²) in [5.41, 5.74) is 2.78. The van der Waals surface area contributed by atoms with Crippen LogP contribution >= 0.6 is 0 Å². The van der Waals surface area contributed by atoms with E-state index in [2.05, 4.69) is 30.1 Å². The number of imidazole rings is 1. The van der Waals surface area contributed by atoms with Crippen LogP contribution in [0.4, 0.5) is 32.3 Å². The Labute approximate surface area is 234 Å². The van der Waals surface area contributed by atoms with Crippen LogP contribution in [-0.2, 0) is 32.7 Å². The second kappa shape index (κ2) is 11.2. The van der Waals surface area contributed by atoms with E-state index in [1.165, 1.54) is 7.05 Å². The molecule has 0 unspecified atom stereocenters. The van der Waals surface area contributed by atoms with Gasteiger partial charge >= 0.3 is 18.5 Å². The Morgan fingerprint density at radius 1 is 0.881 bits per heavy atom. The molecule has 0 atom stereocenters. The van der Waals surface area contributed by atoms with Crippen LogP contribution in [-0.4, -0.2) is 35.7 Å². The lowest BCUT2D eigenvalue weighted by Gasteiger charge is -2.10. The van der Waals surface area contributed by atoms with Gasteiger partial charge in [-0.25, -0.2) is 4.98 Å². The number of rotatable bonds is 9. The molecule has 0 saturated heterocycles. The molecular weight excluding hydrogens is 568 g/mol. The predicted octanol–water partition coefficient (Wildman–Crippen LogP) is 6.49. The number of aromatic nitrogens is 6. The molecule has 5 rings (SSSR count). The molecule has 3 heterocycles. The number of nitrogens with one attached hydrogen (secondary N) is 1. The van der Waals surface area contributed by atoms with Crippen LogP contribution in [0.5, 0.6) is 17.5 Å². The predicted molar refractivity (Wildman–Crippen MR) is 139 cm³/mol. The van der Waals surface area contributed by atoms with E-state index in [0.717, 1.165) is 45.3 Å². The quantitative estimate of drug-likeness (QED) is 0.196. The Morgan fingerprint density at radius 2 is 1.57 bits per heavy atom. The number of hydrogen-bond donors (Lipinski definition) is 1. The highest BCUT2D eigenvalue weighted by Crippen LogP contribution is 2.30. The number of aryl methyl sites for hydroxylation is 2. The topological polar surface area (TPSA) is 91.9 Å². The van der Waals surface area contributed by atoms with Crippen molar-refractivity contribution < 1.29 is 35.8 Å². The van der Waals surface area contributed by atoms with Crippen molar-refractivity contribution in [3.05, 3.63) is 83.4 Å². The Balaban J connectivity index is 1.23. The van der Waals surface area contributed by atoms with Gasteiger partial charge in [0.15, 0.2) is 5.75 Å². The summed E-state index contributed by atoms with van der Waals surface area (Å²) in [6, 6.07) is 13.4. The van der Waals surface area contributed by atoms with Crippen molar-refractivity contribution in [2.24, 2.45) is 7.05 Å². The van der Waals surface area contributed by atoms with Crippen LogP contribution in [0.1, 0.15) is 29.4 Å². The first-order valence-electron chi connectivity index (χ1n) is 12.6. The normalized spacial score (nSPS) is 12.1. The summed E-state index contributed by atoms with van der Waals surface area (Å²) < 4.78 is 88.3. The Kier molecular flexibility index (Phi) is 7.67. The molecule has 0 aliphatic rings. The minimum atomic E-state index is -4.84. The molecule has 0 spiro atoms. The second-order valence-electron chi connectivity index (χ2n) is 9.17. The number of anilines is 1. The number of halogens is 6. The van der Waals surface area contributed by atoms with Crippen molar-refractivity contribution in [1.82, 2.24) is 29.3 Å². The molecule has 15 heteroatoms. The maximum atomic E-state index is 13.1. The van der Waals surface area contributed by atoms with Crippen LogP contribution in [0.3, 0.4) is 0 Å². The summed E-state index contributed by atoms with van der Waals surface area (Å²) in [7, 11) is 1.27. The number of ether oxygens (including phenoxy) is 2. The van der Waals surface area contributed by atoms with Crippen LogP contribution in [0.2, 0.25) is 0 Å². The third-order valence-electron chi connectivity index (χ3n) is 6.16. The van der Waals surface area contributed by atoms with Gasteiger partial charge < -0.3 is 19.4 Å². The zero-order chi connectivity index (χ0) is 30.1. The molecule has 5 aromatic rings. The van der Waals surface area contributed by atoms with Crippen molar-refractivity contribution in [3.8, 4) is 17.5 Å². The van der Waals surface area contributed by atoms with Crippen molar-refractivity contribution >= 4 is 17.0 Å². The first-order chi connectivity index (χ1) is 19.9. The SMILES string of the molecule is CCn1c(NCc2ccc(Oc3ncc(OC(F)(F)F)cn3)cc2)nc2ccc(Cc3cc(C(F)(F)F)n(C)n3)cc21. The van der Waals surface area contributed by atoms with Gasteiger partial charge in [0.05, 0.1) is 29.1 Å². The minimum absolute atomic E-state index is 0.143. The first-order valence-corrected chi connectivity index (χ1v) is 12.6. The van der Waals surface area contributed by atoms with E-state index >= 15 is 0 Å². The highest BCUT2D eigenvalue weighted by atomic mass is 19.4. The van der Waals surface area contributed by atoms with Gasteiger partial charge in [-0.3, -0.25) is 4.68 Å². The van der Waals surface area contributed by atoms with Crippen molar-refractivity contribution in [2.45, 2.75) is 39.0 Å². The summed E-state index contributed by atoms with van der Waals surface area (Å²) >= 11 is 0. The Hall–Kier alpha value is -4.82. The van der Waals surface area contributed by atoms with Gasteiger partial charge in [0, 0.05) is 26.6 Å². The number of alkyl halides is 6. The number of fused-ring (bicyclic) bond motifs is 1. The second-order valence-corrected chi connectivity index (χ2v) is 9.17. The molecule has 0 aliphatic carbocycles. The molecule has 0 fully saturated rings. The highest BCUT2D eigenvalue weighted by Gasteiger charge is 2.35. The van der Waals surface area contributed by atoms with E-state index in [4.69, 9.17) is 4.74 Å². The lowest BCUT2D eigenvalue weighted by molar-refractivity contribution is -0.274. The first kappa shape index (κ1) is 28.7. The molecule has 0 radical (unpaired) electrons. The van der Waals surface area contributed by atoms with Gasteiger partial charge in [0.2, 0.25) is 5.95 Å². The molecule has 0 bridgehead atoms. The van der Waals surface area contributed by atoms with Crippen molar-refractivity contribution in [3.63, 3.8) is 0 Å². The molecule has 42 heavy (non-hydrogen) atoms. The van der Waals surface area contributed by atoms with E-state index in [9.17, 15) is 26.3 Å². The van der Waals surface area contributed by atoms with Crippen LogP contribution in [0, 0.1) is 0 Å². The molecule has 2 aromatic carbocycles. The molecular formula is C27H23F6N7O2. The van der Waals surface area contributed by atoms with Crippen LogP contribution in [0.25, 0.3) is 11.0 Å². The molecule has 0 aliphatic heterocycles. The lowest BCUT2D eigenvalue weighted by Crippen LogP contribution is -2.17. The number of nitrogens with zero attached hydrogens (tertiary/aromatic N) is 6. The molecule has 9 nitrogen and oxygen atoms in total. The van der Waals surface area contributed by atoms with Gasteiger partial charge in [0.25, 0.3) is 0 Å². The van der Waals surface area contributed by atoms with E-state index < -0.39 is 24.0 Å². The number of benzene rings is 2. The lowest BCUT2D eigenvalue weighted by atomic mass is 10.1. The monoisotopic (exact) mass is 591 g/mol. The average molecular weight is 592 g/mol. The summed E-state index contributed by atoms with van der Waals surface area (Å²) in [6.07, 6.45) is -7.36. The fourth-order valence-electron chi connectivity index (χ4n) is 4.33. The number of hydrogen-bond acceptors (Lipinski definition) is 7. The molecule has 0 amide bonds. The van der Waals surface area contributed by atoms with Gasteiger partial charge in [-0.1, -0.05) is 18.2 Å². The van der Waals surface area contributed by atoms with Gasteiger partial charge in [-0.2, -0.15) is 28.2 Å². The Bertz CT molecular complexity index is 1680. The van der Waals surface area contributed by atoms with E-state index in [1.807, 2.05) is 29.7 Å². The molecule has 3 aromatic heterocycles. The largest absolute Gasteiger partial charge is 0.573 e. The zero-order valence-corrected chi connectivity index (χ0v) is 22.2. The molecule has 0 saturated carbocycles. The third-order valence-corrected chi connectivity index (χ3v) is 6.16. The fourth-order valence-corrected chi connectivity index (χ4v) is 4.33. The van der Waals surface area contributed by atoms with Crippen LogP contribution < -0.4 is 14.8 Å². The molecule has 220 valence electrons. The van der Waals surface area contributed by atoms with Crippen molar-refractivity contribution in [1.29, 1.82) is 0 Å². The summed E-state index contributed by atoms with van der Waals surface area (Å²) in [5.74, 6) is 0.446. The Morgan fingerprint density at radius 3 is 2.19 bits per heavy atom. The smallest absolute Gasteiger partial charge is 0.424 e. The van der Waals surface area contributed by atoms with Gasteiger partial charge in [-0.05, 0) is 48.4 Å². The minimum Gasteiger partial charge on any atom is -0.424 e. The fraction of sp³-hybridized carbons (Fsp3) is 0.259. The third kappa shape index (κ3) is 6.72. The van der Waals surface area contributed by atoms with E-state index in [-0.39, 0.29) is 12.4 Å². The van der Waals surface area contributed by atoms with Crippen molar-refractivity contribution in [2.75, 3.05) is 5.32 Å². The zero-order valence-electron chi connectivity index (χ0n) is 22.2. The van der Waals surface area contributed by atoms with Crippen LogP contribution in [0.15, 0.2) is 60.9 Å². The maximum absolute atomic E-state index is 13.1. The average Bonchev–Trinajstić information content (AvgIpc) is 3.47. The summed E-state index contributed by atoms with van der Waals surface area (Å²) in [6.45, 7) is 2.98. The standard InChI is InChI=1S/C27H23F6N7O2/c1-3-40-22-11-17(10-18-12-23(26(28,29)30)39(2)38-18)6-9-21(22)37-24(40)34-13-16-4-7-19(8-5-16)41-25-35-14-20(15-36-25)42-27(31,32)33/h4-9,11-12,14-15H,3,10,13H2,1-2H3,(H,34,37). The maximum Gasteiger partial charge on any atom is 0.573 e.